The number of carboxylic acids is 2. The number of aliphatic carboxylic acids is 2. The molecule has 0 radical (unpaired) electrons. The lowest BCUT2D eigenvalue weighted by Crippen LogP contribution is -2.08. The summed E-state index contributed by atoms with van der Waals surface area (Å²) in [6.07, 6.45) is -0.354. The molecule has 0 aromatic rings. The Morgan fingerprint density at radius 1 is 1.33 bits per heavy atom. The van der Waals surface area contributed by atoms with E-state index in [-0.39, 0.29) is 19.3 Å². The number of hydrogen-bond donors (Lipinski definition) is 2. The minimum absolute atomic E-state index is 0.0954. The SMILES string of the molecule is N#C[C@H](CCC(=O)O)CC(=O)O. The van der Waals surface area contributed by atoms with Crippen molar-refractivity contribution in [3.63, 3.8) is 0 Å². The van der Waals surface area contributed by atoms with E-state index in [1.165, 1.54) is 0 Å². The summed E-state index contributed by atoms with van der Waals surface area (Å²) in [4.78, 5) is 20.2. The molecule has 0 aromatic carbocycles. The van der Waals surface area contributed by atoms with E-state index < -0.39 is 17.9 Å². The van der Waals surface area contributed by atoms with Gasteiger partial charge in [0.2, 0.25) is 0 Å². The Kier molecular flexibility index (Phi) is 4.46. The average Bonchev–Trinajstić information content (AvgIpc) is 1.97. The van der Waals surface area contributed by atoms with Crippen LogP contribution < -0.4 is 0 Å². The van der Waals surface area contributed by atoms with Crippen molar-refractivity contribution >= 4 is 11.9 Å². The van der Waals surface area contributed by atoms with Crippen LogP contribution in [0.4, 0.5) is 0 Å². The highest BCUT2D eigenvalue weighted by molar-refractivity contribution is 5.68. The average molecular weight is 171 g/mol. The molecule has 0 aliphatic heterocycles. The molecule has 1 atom stereocenters. The van der Waals surface area contributed by atoms with Gasteiger partial charge in [0.15, 0.2) is 0 Å². The normalized spacial score (nSPS) is 11.6. The van der Waals surface area contributed by atoms with E-state index in [4.69, 9.17) is 15.5 Å². The number of rotatable bonds is 5. The van der Waals surface area contributed by atoms with Crippen LogP contribution in [0.1, 0.15) is 19.3 Å². The Hall–Kier alpha value is -1.57. The van der Waals surface area contributed by atoms with Gasteiger partial charge < -0.3 is 10.2 Å². The molecule has 0 aliphatic rings. The fraction of sp³-hybridized carbons (Fsp3) is 0.571. The summed E-state index contributed by atoms with van der Waals surface area (Å²) in [5.41, 5.74) is 0. The maximum atomic E-state index is 10.1. The van der Waals surface area contributed by atoms with Crippen LogP contribution in [-0.2, 0) is 9.59 Å². The second kappa shape index (κ2) is 5.13. The van der Waals surface area contributed by atoms with Crippen molar-refractivity contribution in [3.8, 4) is 6.07 Å². The minimum atomic E-state index is -1.08. The molecular weight excluding hydrogens is 162 g/mol. The van der Waals surface area contributed by atoms with Crippen molar-refractivity contribution in [1.29, 1.82) is 5.26 Å². The molecule has 0 spiro atoms. The van der Waals surface area contributed by atoms with Crippen LogP contribution in [0.25, 0.3) is 0 Å². The van der Waals surface area contributed by atoms with Crippen LogP contribution in [0.3, 0.4) is 0 Å². The van der Waals surface area contributed by atoms with E-state index in [1.807, 2.05) is 0 Å². The summed E-state index contributed by atoms with van der Waals surface area (Å²) in [7, 11) is 0. The lowest BCUT2D eigenvalue weighted by molar-refractivity contribution is -0.140. The highest BCUT2D eigenvalue weighted by Gasteiger charge is 2.13. The topological polar surface area (TPSA) is 98.4 Å². The molecule has 5 heteroatoms. The predicted octanol–water partition coefficient (Wildman–Crippen LogP) is 0.466. The summed E-state index contributed by atoms with van der Waals surface area (Å²) >= 11 is 0. The number of carbonyl (C=O) groups is 2. The van der Waals surface area contributed by atoms with E-state index in [0.29, 0.717) is 0 Å². The first-order valence-corrected chi connectivity index (χ1v) is 3.39. The van der Waals surface area contributed by atoms with Gasteiger partial charge in [-0.3, -0.25) is 9.59 Å². The van der Waals surface area contributed by atoms with E-state index in [1.54, 1.807) is 6.07 Å². The van der Waals surface area contributed by atoms with Crippen molar-refractivity contribution < 1.29 is 19.8 Å². The van der Waals surface area contributed by atoms with Gasteiger partial charge in [0.1, 0.15) is 0 Å². The van der Waals surface area contributed by atoms with Gasteiger partial charge in [0, 0.05) is 6.42 Å². The Bertz CT molecular complexity index is 218. The van der Waals surface area contributed by atoms with E-state index >= 15 is 0 Å². The molecule has 0 aliphatic carbocycles. The Labute approximate surface area is 69.2 Å². The second-order valence-corrected chi connectivity index (χ2v) is 2.36. The molecular formula is C7H9NO4. The quantitative estimate of drug-likeness (QED) is 0.626. The van der Waals surface area contributed by atoms with Crippen LogP contribution in [0.15, 0.2) is 0 Å². The highest BCUT2D eigenvalue weighted by atomic mass is 16.4. The fourth-order valence-corrected chi connectivity index (χ4v) is 0.721. The number of hydrogen-bond acceptors (Lipinski definition) is 3. The Morgan fingerprint density at radius 3 is 2.25 bits per heavy atom. The highest BCUT2D eigenvalue weighted by Crippen LogP contribution is 2.09. The molecule has 5 nitrogen and oxygen atoms in total. The molecule has 0 unspecified atom stereocenters. The summed E-state index contributed by atoms with van der Waals surface area (Å²) in [6, 6.07) is 1.74. The van der Waals surface area contributed by atoms with E-state index in [2.05, 4.69) is 0 Å². The van der Waals surface area contributed by atoms with Gasteiger partial charge in [-0.2, -0.15) is 5.26 Å². The van der Waals surface area contributed by atoms with Crippen molar-refractivity contribution in [3.05, 3.63) is 0 Å². The van der Waals surface area contributed by atoms with Crippen molar-refractivity contribution in [2.45, 2.75) is 19.3 Å². The first-order chi connectivity index (χ1) is 5.56. The number of nitrogens with zero attached hydrogens (tertiary/aromatic N) is 1. The molecule has 0 aromatic heterocycles. The molecule has 12 heavy (non-hydrogen) atoms. The zero-order valence-electron chi connectivity index (χ0n) is 6.36. The smallest absolute Gasteiger partial charge is 0.304 e. The maximum absolute atomic E-state index is 10.1. The van der Waals surface area contributed by atoms with Crippen molar-refractivity contribution in [1.82, 2.24) is 0 Å². The molecule has 2 N–H and O–H groups in total. The van der Waals surface area contributed by atoms with Crippen LogP contribution in [-0.4, -0.2) is 22.2 Å². The van der Waals surface area contributed by atoms with Crippen molar-refractivity contribution in [2.24, 2.45) is 5.92 Å². The maximum Gasteiger partial charge on any atom is 0.304 e. The monoisotopic (exact) mass is 171 g/mol. The third-order valence-corrected chi connectivity index (χ3v) is 1.31. The van der Waals surface area contributed by atoms with Crippen LogP contribution in [0.2, 0.25) is 0 Å². The molecule has 0 amide bonds. The first kappa shape index (κ1) is 10.4. The van der Waals surface area contributed by atoms with Gasteiger partial charge in [-0.1, -0.05) is 0 Å². The Balaban J connectivity index is 3.78. The number of carboxylic acid groups (broad SMARTS) is 2. The summed E-state index contributed by atoms with van der Waals surface area (Å²) in [6.45, 7) is 0. The zero-order valence-corrected chi connectivity index (χ0v) is 6.36. The molecule has 0 heterocycles. The third kappa shape index (κ3) is 5.23. The van der Waals surface area contributed by atoms with Crippen LogP contribution in [0.5, 0.6) is 0 Å². The minimum Gasteiger partial charge on any atom is -0.481 e. The first-order valence-electron chi connectivity index (χ1n) is 3.39. The lowest BCUT2D eigenvalue weighted by Gasteiger charge is -2.01. The Morgan fingerprint density at radius 2 is 1.92 bits per heavy atom. The summed E-state index contributed by atoms with van der Waals surface area (Å²) in [5.74, 6) is -2.79. The lowest BCUT2D eigenvalue weighted by atomic mass is 10.0. The van der Waals surface area contributed by atoms with Gasteiger partial charge in [0.25, 0.3) is 0 Å². The fourth-order valence-electron chi connectivity index (χ4n) is 0.721. The summed E-state index contributed by atoms with van der Waals surface area (Å²) < 4.78 is 0. The van der Waals surface area contributed by atoms with Crippen molar-refractivity contribution in [2.75, 3.05) is 0 Å². The standard InChI is InChI=1S/C7H9NO4/c8-4-5(3-7(11)12)1-2-6(9)10/h5H,1-3H2,(H,9,10)(H,11,12)/t5-/m1/s1. The van der Waals surface area contributed by atoms with Crippen LogP contribution in [0, 0.1) is 17.2 Å². The zero-order chi connectivity index (χ0) is 9.56. The van der Waals surface area contributed by atoms with Crippen LogP contribution >= 0.6 is 0 Å². The second-order valence-electron chi connectivity index (χ2n) is 2.36. The van der Waals surface area contributed by atoms with Gasteiger partial charge in [-0.05, 0) is 6.42 Å². The van der Waals surface area contributed by atoms with Gasteiger partial charge in [0.05, 0.1) is 18.4 Å². The van der Waals surface area contributed by atoms with E-state index in [9.17, 15) is 9.59 Å². The molecule has 0 rings (SSSR count). The molecule has 66 valence electrons. The summed E-state index contributed by atoms with van der Waals surface area (Å²) in [5, 5.41) is 24.9. The van der Waals surface area contributed by atoms with Gasteiger partial charge >= 0.3 is 11.9 Å². The molecule has 0 saturated heterocycles. The largest absolute Gasteiger partial charge is 0.481 e. The number of nitriles is 1. The van der Waals surface area contributed by atoms with Gasteiger partial charge in [-0.25, -0.2) is 0 Å². The molecule has 0 saturated carbocycles. The van der Waals surface area contributed by atoms with Gasteiger partial charge in [-0.15, -0.1) is 0 Å². The third-order valence-electron chi connectivity index (χ3n) is 1.31. The predicted molar refractivity (Wildman–Crippen MR) is 38.2 cm³/mol. The molecule has 0 fully saturated rings. The van der Waals surface area contributed by atoms with E-state index in [0.717, 1.165) is 0 Å². The molecule has 0 bridgehead atoms.